The Hall–Kier alpha value is -1.26. The van der Waals surface area contributed by atoms with Crippen molar-refractivity contribution in [3.8, 4) is 0 Å². The van der Waals surface area contributed by atoms with Gasteiger partial charge in [-0.3, -0.25) is 4.98 Å². The molecule has 1 aromatic heterocycles. The molecule has 92 valence electrons. The average molecular weight is 259 g/mol. The third-order valence-corrected chi connectivity index (χ3v) is 2.41. The zero-order chi connectivity index (χ0) is 11.9. The van der Waals surface area contributed by atoms with Crippen molar-refractivity contribution in [2.24, 2.45) is 5.73 Å². The SMILES string of the molecule is CC(C)(N)c1ncc(F)c2cc(F)ccc12.Cl. The lowest BCUT2D eigenvalue weighted by Gasteiger charge is -2.20. The van der Waals surface area contributed by atoms with E-state index in [9.17, 15) is 8.78 Å². The number of halogens is 3. The number of hydrogen-bond acceptors (Lipinski definition) is 2. The molecule has 2 aromatic rings. The lowest BCUT2D eigenvalue weighted by Crippen LogP contribution is -2.30. The topological polar surface area (TPSA) is 38.9 Å². The van der Waals surface area contributed by atoms with Crippen LogP contribution >= 0.6 is 12.4 Å². The summed E-state index contributed by atoms with van der Waals surface area (Å²) in [5.41, 5.74) is 5.80. The maximum atomic E-state index is 13.5. The summed E-state index contributed by atoms with van der Waals surface area (Å²) in [4.78, 5) is 3.98. The normalized spacial score (nSPS) is 11.4. The van der Waals surface area contributed by atoms with Crippen LogP contribution in [0, 0.1) is 11.6 Å². The fraction of sp³-hybridized carbons (Fsp3) is 0.250. The van der Waals surface area contributed by atoms with Gasteiger partial charge in [0.15, 0.2) is 0 Å². The summed E-state index contributed by atoms with van der Waals surface area (Å²) in [6, 6.07) is 3.94. The second kappa shape index (κ2) is 4.55. The van der Waals surface area contributed by atoms with Crippen LogP contribution in [0.5, 0.6) is 0 Å². The number of nitrogens with two attached hydrogens (primary N) is 1. The van der Waals surface area contributed by atoms with Crippen LogP contribution in [0.4, 0.5) is 8.78 Å². The number of rotatable bonds is 1. The van der Waals surface area contributed by atoms with Gasteiger partial charge >= 0.3 is 0 Å². The van der Waals surface area contributed by atoms with Crippen LogP contribution in [0.25, 0.3) is 10.8 Å². The minimum atomic E-state index is -0.691. The molecule has 0 unspecified atom stereocenters. The minimum absolute atomic E-state index is 0. The molecule has 0 saturated heterocycles. The molecule has 17 heavy (non-hydrogen) atoms. The molecule has 0 aliphatic heterocycles. The van der Waals surface area contributed by atoms with Crippen molar-refractivity contribution >= 4 is 23.2 Å². The van der Waals surface area contributed by atoms with E-state index in [4.69, 9.17) is 5.73 Å². The molecule has 0 saturated carbocycles. The van der Waals surface area contributed by atoms with Crippen molar-refractivity contribution in [3.63, 3.8) is 0 Å². The first-order valence-corrected chi connectivity index (χ1v) is 4.93. The van der Waals surface area contributed by atoms with Crippen LogP contribution in [-0.2, 0) is 5.54 Å². The van der Waals surface area contributed by atoms with Crippen molar-refractivity contribution < 1.29 is 8.78 Å². The maximum Gasteiger partial charge on any atom is 0.149 e. The van der Waals surface area contributed by atoms with Crippen LogP contribution in [0.1, 0.15) is 19.5 Å². The first kappa shape index (κ1) is 13.8. The molecule has 0 radical (unpaired) electrons. The van der Waals surface area contributed by atoms with Crippen molar-refractivity contribution in [2.75, 3.05) is 0 Å². The van der Waals surface area contributed by atoms with E-state index >= 15 is 0 Å². The Balaban J connectivity index is 0.00000144. The molecular weight excluding hydrogens is 246 g/mol. The van der Waals surface area contributed by atoms with Gasteiger partial charge in [0.1, 0.15) is 11.6 Å². The Bertz CT molecular complexity index is 550. The number of pyridine rings is 1. The summed E-state index contributed by atoms with van der Waals surface area (Å²) >= 11 is 0. The third kappa shape index (κ3) is 2.53. The molecule has 5 heteroatoms. The van der Waals surface area contributed by atoms with E-state index in [0.717, 1.165) is 12.3 Å². The van der Waals surface area contributed by atoms with E-state index < -0.39 is 17.2 Å². The second-order valence-corrected chi connectivity index (χ2v) is 4.37. The number of fused-ring (bicyclic) bond motifs is 1. The Morgan fingerprint density at radius 1 is 1.18 bits per heavy atom. The largest absolute Gasteiger partial charge is 0.321 e. The van der Waals surface area contributed by atoms with Gasteiger partial charge in [-0.1, -0.05) is 0 Å². The summed E-state index contributed by atoms with van der Waals surface area (Å²) in [7, 11) is 0. The Labute approximate surface area is 104 Å². The number of hydrogen-bond donors (Lipinski definition) is 1. The van der Waals surface area contributed by atoms with Crippen molar-refractivity contribution in [3.05, 3.63) is 41.7 Å². The van der Waals surface area contributed by atoms with Gasteiger partial charge < -0.3 is 5.73 Å². The highest BCUT2D eigenvalue weighted by Gasteiger charge is 2.20. The summed E-state index contributed by atoms with van der Waals surface area (Å²) in [6.45, 7) is 3.55. The molecule has 2 nitrogen and oxygen atoms in total. The van der Waals surface area contributed by atoms with E-state index in [2.05, 4.69) is 4.98 Å². The summed E-state index contributed by atoms with van der Waals surface area (Å²) in [5, 5.41) is 0.762. The fourth-order valence-electron chi connectivity index (χ4n) is 1.69. The highest BCUT2D eigenvalue weighted by Crippen LogP contribution is 2.26. The van der Waals surface area contributed by atoms with E-state index in [1.807, 2.05) is 0 Å². The smallest absolute Gasteiger partial charge is 0.149 e. The molecule has 1 heterocycles. The molecule has 0 bridgehead atoms. The molecule has 0 spiro atoms. The molecule has 0 aliphatic rings. The van der Waals surface area contributed by atoms with Crippen LogP contribution in [-0.4, -0.2) is 4.98 Å². The summed E-state index contributed by atoms with van der Waals surface area (Å²) < 4.78 is 26.5. The number of aromatic nitrogens is 1. The maximum absolute atomic E-state index is 13.5. The molecule has 0 fully saturated rings. The van der Waals surface area contributed by atoms with E-state index in [1.54, 1.807) is 13.8 Å². The predicted octanol–water partition coefficient (Wildman–Crippen LogP) is 3.13. The number of benzene rings is 1. The Morgan fingerprint density at radius 2 is 1.82 bits per heavy atom. The monoisotopic (exact) mass is 258 g/mol. The van der Waals surface area contributed by atoms with Gasteiger partial charge in [0.25, 0.3) is 0 Å². The molecule has 0 amide bonds. The zero-order valence-electron chi connectivity index (χ0n) is 9.50. The van der Waals surface area contributed by atoms with E-state index in [0.29, 0.717) is 11.1 Å². The van der Waals surface area contributed by atoms with Crippen molar-refractivity contribution in [2.45, 2.75) is 19.4 Å². The molecule has 0 aliphatic carbocycles. The van der Waals surface area contributed by atoms with Crippen molar-refractivity contribution in [1.29, 1.82) is 0 Å². The Morgan fingerprint density at radius 3 is 2.41 bits per heavy atom. The van der Waals surface area contributed by atoms with Gasteiger partial charge in [0.2, 0.25) is 0 Å². The molecule has 2 N–H and O–H groups in total. The lowest BCUT2D eigenvalue weighted by atomic mass is 9.96. The fourth-order valence-corrected chi connectivity index (χ4v) is 1.69. The van der Waals surface area contributed by atoms with Gasteiger partial charge in [-0.05, 0) is 32.0 Å². The van der Waals surface area contributed by atoms with Crippen molar-refractivity contribution in [1.82, 2.24) is 4.98 Å². The first-order chi connectivity index (χ1) is 7.39. The van der Waals surface area contributed by atoms with Crippen LogP contribution in [0.2, 0.25) is 0 Å². The summed E-state index contributed by atoms with van der Waals surface area (Å²) in [5.74, 6) is -1.01. The predicted molar refractivity (Wildman–Crippen MR) is 66.1 cm³/mol. The molecular formula is C12H13ClF2N2. The molecule has 2 rings (SSSR count). The van der Waals surface area contributed by atoms with E-state index in [-0.39, 0.29) is 17.8 Å². The van der Waals surface area contributed by atoms with Crippen LogP contribution in [0.3, 0.4) is 0 Å². The van der Waals surface area contributed by atoms with E-state index in [1.165, 1.54) is 12.1 Å². The highest BCUT2D eigenvalue weighted by molar-refractivity contribution is 5.86. The standard InChI is InChI=1S/C12H12F2N2.ClH/c1-12(2,15)11-8-4-3-7(13)5-9(8)10(14)6-16-11;/h3-6H,15H2,1-2H3;1H. The first-order valence-electron chi connectivity index (χ1n) is 4.93. The Kier molecular flexibility index (Phi) is 3.69. The van der Waals surface area contributed by atoms with Gasteiger partial charge in [-0.15, -0.1) is 12.4 Å². The van der Waals surface area contributed by atoms with Crippen LogP contribution in [0.15, 0.2) is 24.4 Å². The lowest BCUT2D eigenvalue weighted by molar-refractivity contribution is 0.536. The average Bonchev–Trinajstić information content (AvgIpc) is 2.17. The van der Waals surface area contributed by atoms with Gasteiger partial charge in [0, 0.05) is 10.8 Å². The highest BCUT2D eigenvalue weighted by atomic mass is 35.5. The zero-order valence-corrected chi connectivity index (χ0v) is 10.3. The van der Waals surface area contributed by atoms with Gasteiger partial charge in [0.05, 0.1) is 17.4 Å². The number of nitrogens with zero attached hydrogens (tertiary/aromatic N) is 1. The van der Waals surface area contributed by atoms with Crippen LogP contribution < -0.4 is 5.73 Å². The molecule has 0 atom stereocenters. The van der Waals surface area contributed by atoms with Gasteiger partial charge in [-0.25, -0.2) is 8.78 Å². The summed E-state index contributed by atoms with van der Waals surface area (Å²) in [6.07, 6.45) is 1.08. The second-order valence-electron chi connectivity index (χ2n) is 4.37. The third-order valence-electron chi connectivity index (χ3n) is 2.41. The van der Waals surface area contributed by atoms with Gasteiger partial charge in [-0.2, -0.15) is 0 Å². The molecule has 1 aromatic carbocycles. The quantitative estimate of drug-likeness (QED) is 0.854. The minimum Gasteiger partial charge on any atom is -0.321 e.